The molecule has 25 heavy (non-hydrogen) atoms. The van der Waals surface area contributed by atoms with Gasteiger partial charge in [-0.25, -0.2) is 4.98 Å². The number of aromatic nitrogens is 2. The highest BCUT2D eigenvalue weighted by molar-refractivity contribution is 6.31. The van der Waals surface area contributed by atoms with Gasteiger partial charge in [0.05, 0.1) is 20.0 Å². The van der Waals surface area contributed by atoms with Crippen molar-refractivity contribution in [2.45, 2.75) is 32.9 Å². The molecule has 2 heterocycles. The first-order valence-corrected chi connectivity index (χ1v) is 9.24. The molecule has 1 saturated heterocycles. The van der Waals surface area contributed by atoms with Crippen molar-refractivity contribution in [2.75, 3.05) is 26.8 Å². The second-order valence-corrected chi connectivity index (χ2v) is 6.91. The molecule has 1 aliphatic heterocycles. The molecule has 0 amide bonds. The minimum absolute atomic E-state index is 0.608. The van der Waals surface area contributed by atoms with Crippen LogP contribution in [0.1, 0.15) is 25.3 Å². The minimum atomic E-state index is 0.608. The van der Waals surface area contributed by atoms with Crippen LogP contribution in [0.2, 0.25) is 5.02 Å². The van der Waals surface area contributed by atoms with Crippen LogP contribution in [0, 0.1) is 5.92 Å². The third kappa shape index (κ3) is 4.67. The first-order valence-electron chi connectivity index (χ1n) is 8.87. The summed E-state index contributed by atoms with van der Waals surface area (Å²) in [5.74, 6) is 2.17. The van der Waals surface area contributed by atoms with E-state index in [1.165, 1.54) is 12.8 Å². The number of halogens is 1. The molecular weight excluding hydrogens is 338 g/mol. The van der Waals surface area contributed by atoms with Gasteiger partial charge < -0.3 is 14.0 Å². The van der Waals surface area contributed by atoms with Crippen LogP contribution in [0.15, 0.2) is 30.9 Å². The lowest BCUT2D eigenvalue weighted by atomic mass is 9.96. The summed E-state index contributed by atoms with van der Waals surface area (Å²) in [4.78, 5) is 6.59. The number of likely N-dealkylation sites (tertiary alicyclic amines) is 1. The van der Waals surface area contributed by atoms with E-state index in [-0.39, 0.29) is 0 Å². The molecule has 6 heteroatoms. The number of methoxy groups -OCH3 is 1. The lowest BCUT2D eigenvalue weighted by molar-refractivity contribution is 0.167. The van der Waals surface area contributed by atoms with Gasteiger partial charge in [-0.3, -0.25) is 4.90 Å². The average Bonchev–Trinajstić information content (AvgIpc) is 3.12. The fourth-order valence-electron chi connectivity index (χ4n) is 3.39. The van der Waals surface area contributed by atoms with Crippen LogP contribution in [0.4, 0.5) is 0 Å². The lowest BCUT2D eigenvalue weighted by Gasteiger charge is -2.32. The molecule has 136 valence electrons. The van der Waals surface area contributed by atoms with Gasteiger partial charge in [0.25, 0.3) is 0 Å². The highest BCUT2D eigenvalue weighted by atomic mass is 35.5. The molecule has 1 aromatic heterocycles. The van der Waals surface area contributed by atoms with E-state index in [0.29, 0.717) is 12.4 Å². The Hall–Kier alpha value is -1.72. The van der Waals surface area contributed by atoms with Crippen LogP contribution >= 0.6 is 11.6 Å². The van der Waals surface area contributed by atoms with Gasteiger partial charge >= 0.3 is 0 Å². The van der Waals surface area contributed by atoms with Crippen molar-refractivity contribution in [3.8, 4) is 11.5 Å². The fraction of sp³-hybridized carbons (Fsp3) is 0.526. The Balaban J connectivity index is 1.59. The zero-order valence-electron chi connectivity index (χ0n) is 14.9. The molecule has 0 aliphatic carbocycles. The van der Waals surface area contributed by atoms with Gasteiger partial charge in [-0.05, 0) is 50.4 Å². The summed E-state index contributed by atoms with van der Waals surface area (Å²) in [5.41, 5.74) is 1.10. The van der Waals surface area contributed by atoms with E-state index in [9.17, 15) is 0 Å². The standard InChI is InChI=1S/C19H26ClN3O2/c1-3-25-19-10-16(17(20)11-18(19)24-2)13-22-7-4-15(5-8-22)12-23-9-6-21-14-23/h6,9-11,14-15H,3-5,7-8,12-13H2,1-2H3. The summed E-state index contributed by atoms with van der Waals surface area (Å²) >= 11 is 6.45. The Morgan fingerprint density at radius 3 is 2.68 bits per heavy atom. The van der Waals surface area contributed by atoms with Gasteiger partial charge in [0, 0.05) is 36.6 Å². The first-order chi connectivity index (χ1) is 12.2. The maximum absolute atomic E-state index is 6.45. The zero-order chi connectivity index (χ0) is 17.6. The second-order valence-electron chi connectivity index (χ2n) is 6.51. The molecule has 1 aromatic carbocycles. The number of imidazole rings is 1. The maximum atomic E-state index is 6.45. The molecule has 1 aliphatic rings. The highest BCUT2D eigenvalue weighted by Crippen LogP contribution is 2.34. The lowest BCUT2D eigenvalue weighted by Crippen LogP contribution is -2.34. The van der Waals surface area contributed by atoms with E-state index in [1.54, 1.807) is 7.11 Å². The van der Waals surface area contributed by atoms with Gasteiger partial charge in [-0.1, -0.05) is 11.6 Å². The predicted octanol–water partition coefficient (Wildman–Crippen LogP) is 3.86. The quantitative estimate of drug-likeness (QED) is 0.749. The molecule has 1 fully saturated rings. The molecular formula is C19H26ClN3O2. The van der Waals surface area contributed by atoms with Crippen molar-refractivity contribution in [1.29, 1.82) is 0 Å². The van der Waals surface area contributed by atoms with Crippen molar-refractivity contribution in [3.63, 3.8) is 0 Å². The minimum Gasteiger partial charge on any atom is -0.493 e. The van der Waals surface area contributed by atoms with Crippen molar-refractivity contribution in [1.82, 2.24) is 14.5 Å². The Labute approximate surface area is 154 Å². The molecule has 5 nitrogen and oxygen atoms in total. The summed E-state index contributed by atoms with van der Waals surface area (Å²) in [6.07, 6.45) is 8.18. The number of piperidine rings is 1. The van der Waals surface area contributed by atoms with Crippen molar-refractivity contribution in [2.24, 2.45) is 5.92 Å². The van der Waals surface area contributed by atoms with Crippen molar-refractivity contribution >= 4 is 11.6 Å². The number of benzene rings is 1. The van der Waals surface area contributed by atoms with Crippen LogP contribution in [-0.4, -0.2) is 41.3 Å². The Morgan fingerprint density at radius 1 is 1.24 bits per heavy atom. The van der Waals surface area contributed by atoms with E-state index >= 15 is 0 Å². The summed E-state index contributed by atoms with van der Waals surface area (Å²) in [5, 5.41) is 0.737. The van der Waals surface area contributed by atoms with Crippen LogP contribution in [0.3, 0.4) is 0 Å². The van der Waals surface area contributed by atoms with Gasteiger partial charge in [-0.15, -0.1) is 0 Å². The fourth-order valence-corrected chi connectivity index (χ4v) is 3.60. The number of hydrogen-bond acceptors (Lipinski definition) is 4. The topological polar surface area (TPSA) is 39.5 Å². The van der Waals surface area contributed by atoms with Crippen LogP contribution in [0.5, 0.6) is 11.5 Å². The number of hydrogen-bond donors (Lipinski definition) is 0. The summed E-state index contributed by atoms with van der Waals surface area (Å²) in [6, 6.07) is 3.87. The average molecular weight is 364 g/mol. The first kappa shape index (κ1) is 18.1. The van der Waals surface area contributed by atoms with E-state index in [2.05, 4.69) is 14.5 Å². The molecule has 0 N–H and O–H groups in total. The molecule has 3 rings (SSSR count). The van der Waals surface area contributed by atoms with Crippen LogP contribution < -0.4 is 9.47 Å². The number of nitrogens with zero attached hydrogens (tertiary/aromatic N) is 3. The summed E-state index contributed by atoms with van der Waals surface area (Å²) < 4.78 is 13.2. The van der Waals surface area contributed by atoms with E-state index in [0.717, 1.165) is 48.4 Å². The number of ether oxygens (including phenoxy) is 2. The SMILES string of the molecule is CCOc1cc(CN2CCC(Cn3ccnc3)CC2)c(Cl)cc1OC. The Kier molecular flexibility index (Phi) is 6.21. The van der Waals surface area contributed by atoms with Gasteiger partial charge in [-0.2, -0.15) is 0 Å². The monoisotopic (exact) mass is 363 g/mol. The molecule has 2 aromatic rings. The van der Waals surface area contributed by atoms with Gasteiger partial charge in [0.15, 0.2) is 11.5 Å². The third-order valence-electron chi connectivity index (χ3n) is 4.76. The Bertz CT molecular complexity index is 668. The van der Waals surface area contributed by atoms with E-state index in [4.69, 9.17) is 21.1 Å². The van der Waals surface area contributed by atoms with Crippen molar-refractivity contribution < 1.29 is 9.47 Å². The molecule has 0 saturated carbocycles. The third-order valence-corrected chi connectivity index (χ3v) is 5.11. The predicted molar refractivity (Wildman–Crippen MR) is 99.4 cm³/mol. The maximum Gasteiger partial charge on any atom is 0.162 e. The highest BCUT2D eigenvalue weighted by Gasteiger charge is 2.21. The molecule has 0 radical (unpaired) electrons. The van der Waals surface area contributed by atoms with E-state index < -0.39 is 0 Å². The molecule has 0 bridgehead atoms. The van der Waals surface area contributed by atoms with Gasteiger partial charge in [0.2, 0.25) is 0 Å². The second kappa shape index (κ2) is 8.59. The number of rotatable bonds is 7. The van der Waals surface area contributed by atoms with Crippen LogP contribution in [-0.2, 0) is 13.1 Å². The summed E-state index contributed by atoms with van der Waals surface area (Å²) in [6.45, 7) is 6.67. The molecule has 0 spiro atoms. The van der Waals surface area contributed by atoms with Gasteiger partial charge in [0.1, 0.15) is 0 Å². The van der Waals surface area contributed by atoms with Crippen LogP contribution in [0.25, 0.3) is 0 Å². The van der Waals surface area contributed by atoms with Crippen molar-refractivity contribution in [3.05, 3.63) is 41.4 Å². The Morgan fingerprint density at radius 2 is 2.04 bits per heavy atom. The van der Waals surface area contributed by atoms with E-state index in [1.807, 2.05) is 37.8 Å². The normalized spacial score (nSPS) is 16.1. The molecule has 0 atom stereocenters. The largest absolute Gasteiger partial charge is 0.493 e. The smallest absolute Gasteiger partial charge is 0.162 e. The summed E-state index contributed by atoms with van der Waals surface area (Å²) in [7, 11) is 1.64. The zero-order valence-corrected chi connectivity index (χ0v) is 15.7. The molecule has 0 unspecified atom stereocenters.